The lowest BCUT2D eigenvalue weighted by Crippen LogP contribution is -2.62. The van der Waals surface area contributed by atoms with E-state index in [0.717, 1.165) is 18.5 Å². The third kappa shape index (κ3) is 8.85. The van der Waals surface area contributed by atoms with E-state index in [1.165, 1.54) is 153 Å². The zero-order valence-electron chi connectivity index (χ0n) is 56.4. The van der Waals surface area contributed by atoms with Crippen molar-refractivity contribution < 1.29 is 0 Å². The van der Waals surface area contributed by atoms with Crippen molar-refractivity contribution in [2.75, 3.05) is 14.7 Å². The van der Waals surface area contributed by atoms with E-state index >= 15 is 0 Å². The van der Waals surface area contributed by atoms with E-state index in [2.05, 4.69) is 300 Å². The summed E-state index contributed by atoms with van der Waals surface area (Å²) in [5.41, 5.74) is 34.5. The second-order valence-electron chi connectivity index (χ2n) is 33.4. The minimum Gasteiger partial charge on any atom is -0.311 e. The van der Waals surface area contributed by atoms with Crippen LogP contribution in [0.3, 0.4) is 0 Å². The Morgan fingerprint density at radius 3 is 1.50 bits per heavy atom. The summed E-state index contributed by atoms with van der Waals surface area (Å²) in [4.78, 5) is 8.08. The molecule has 0 N–H and O–H groups in total. The van der Waals surface area contributed by atoms with Crippen LogP contribution in [0.25, 0.3) is 11.1 Å². The molecule has 0 atom stereocenters. The lowest BCUT2D eigenvalue weighted by Gasteiger charge is -2.48. The van der Waals surface area contributed by atoms with Gasteiger partial charge in [0.15, 0.2) is 0 Å². The fraction of sp³-hybridized carbons (Fsp3) is 0.415. The van der Waals surface area contributed by atoms with Crippen molar-refractivity contribution >= 4 is 74.3 Å². The largest absolute Gasteiger partial charge is 0.311 e. The van der Waals surface area contributed by atoms with Crippen molar-refractivity contribution in [3.05, 3.63) is 200 Å². The highest BCUT2D eigenvalue weighted by atomic mass is 15.2. The van der Waals surface area contributed by atoms with E-state index < -0.39 is 0 Å². The van der Waals surface area contributed by atoms with Crippen molar-refractivity contribution in [1.29, 1.82) is 0 Å². The van der Waals surface area contributed by atoms with Crippen LogP contribution < -0.4 is 31.1 Å². The van der Waals surface area contributed by atoms with Gasteiger partial charge in [-0.3, -0.25) is 0 Å². The van der Waals surface area contributed by atoms with Gasteiger partial charge in [-0.1, -0.05) is 204 Å². The second kappa shape index (κ2) is 18.9. The van der Waals surface area contributed by atoms with Crippen molar-refractivity contribution in [1.82, 2.24) is 0 Å². The molecule has 5 aliphatic rings. The highest BCUT2D eigenvalue weighted by molar-refractivity contribution is 7.00. The number of rotatable bonds is 5. The molecule has 2 aliphatic heterocycles. The Kier molecular flexibility index (Phi) is 12.8. The molecule has 0 spiro atoms. The van der Waals surface area contributed by atoms with Crippen LogP contribution in [0.4, 0.5) is 51.2 Å². The molecule has 0 fully saturated rings. The third-order valence-corrected chi connectivity index (χ3v) is 21.9. The zero-order valence-corrected chi connectivity index (χ0v) is 56.4. The minimum atomic E-state index is -0.301. The summed E-state index contributed by atoms with van der Waals surface area (Å²) in [6, 6.07) is 54.4. The first-order valence-corrected chi connectivity index (χ1v) is 32.5. The van der Waals surface area contributed by atoms with Gasteiger partial charge in [-0.05, 0) is 239 Å². The van der Waals surface area contributed by atoms with Crippen molar-refractivity contribution in [2.45, 2.75) is 221 Å². The highest BCUT2D eigenvalue weighted by Crippen LogP contribution is 2.59. The normalized spacial score (nSPS) is 18.1. The molecule has 4 heteroatoms. The maximum absolute atomic E-state index is 2.76. The minimum absolute atomic E-state index is 0.00710. The van der Waals surface area contributed by atoms with Crippen LogP contribution >= 0.6 is 0 Å². The Labute approximate surface area is 518 Å². The van der Waals surface area contributed by atoms with Gasteiger partial charge >= 0.3 is 0 Å². The fourth-order valence-corrected chi connectivity index (χ4v) is 16.4. The van der Waals surface area contributed by atoms with Crippen LogP contribution in [0, 0.1) is 20.8 Å². The molecular formula is C82H96BN3. The van der Waals surface area contributed by atoms with Crippen molar-refractivity contribution in [2.24, 2.45) is 0 Å². The molecule has 8 aromatic carbocycles. The molecule has 13 rings (SSSR count). The first-order chi connectivity index (χ1) is 40.0. The molecule has 3 nitrogen and oxygen atoms in total. The average Bonchev–Trinajstić information content (AvgIpc) is 0.991. The summed E-state index contributed by atoms with van der Waals surface area (Å²) in [5, 5.41) is 0. The first-order valence-electron chi connectivity index (χ1n) is 32.5. The highest BCUT2D eigenvalue weighted by Gasteiger charge is 2.50. The van der Waals surface area contributed by atoms with Gasteiger partial charge in [-0.15, -0.1) is 0 Å². The average molecular weight is 1130 g/mol. The van der Waals surface area contributed by atoms with Crippen LogP contribution in [0.15, 0.2) is 133 Å². The van der Waals surface area contributed by atoms with E-state index in [1.54, 1.807) is 0 Å². The Morgan fingerprint density at radius 2 is 0.942 bits per heavy atom. The van der Waals surface area contributed by atoms with Crippen LogP contribution in [0.2, 0.25) is 0 Å². The Morgan fingerprint density at radius 1 is 0.419 bits per heavy atom. The molecule has 8 aromatic rings. The summed E-state index contributed by atoms with van der Waals surface area (Å²) >= 11 is 0. The van der Waals surface area contributed by atoms with Crippen molar-refractivity contribution in [3.8, 4) is 11.1 Å². The molecule has 0 saturated heterocycles. The molecule has 0 saturated carbocycles. The molecule has 0 unspecified atom stereocenters. The molecule has 2 heterocycles. The second-order valence-corrected chi connectivity index (χ2v) is 33.4. The van der Waals surface area contributed by atoms with Gasteiger partial charge in [0, 0.05) is 50.9 Å². The summed E-state index contributed by atoms with van der Waals surface area (Å²) in [6.07, 6.45) is 4.66. The molecule has 0 radical (unpaired) electrons. The van der Waals surface area contributed by atoms with Gasteiger partial charge in [-0.2, -0.15) is 0 Å². The maximum Gasteiger partial charge on any atom is 0.252 e. The first kappa shape index (κ1) is 58.3. The topological polar surface area (TPSA) is 9.72 Å². The van der Waals surface area contributed by atoms with Crippen molar-refractivity contribution in [3.63, 3.8) is 0 Å². The number of hydrogen-bond donors (Lipinski definition) is 0. The predicted octanol–water partition coefficient (Wildman–Crippen LogP) is 21.1. The van der Waals surface area contributed by atoms with E-state index in [4.69, 9.17) is 0 Å². The molecule has 0 amide bonds. The Bertz CT molecular complexity index is 4090. The lowest BCUT2D eigenvalue weighted by atomic mass is 9.33. The summed E-state index contributed by atoms with van der Waals surface area (Å²) in [5.74, 6) is 0. The molecule has 86 heavy (non-hydrogen) atoms. The summed E-state index contributed by atoms with van der Waals surface area (Å²) in [6.45, 7) is 53.0. The van der Waals surface area contributed by atoms with Crippen LogP contribution in [0.1, 0.15) is 224 Å². The Balaban J connectivity index is 1.16. The van der Waals surface area contributed by atoms with Gasteiger partial charge < -0.3 is 14.7 Å². The molecule has 3 aliphatic carbocycles. The zero-order chi connectivity index (χ0) is 61.7. The number of hydrogen-bond acceptors (Lipinski definition) is 3. The molecule has 0 bridgehead atoms. The monoisotopic (exact) mass is 1130 g/mol. The lowest BCUT2D eigenvalue weighted by molar-refractivity contribution is 0.332. The third-order valence-electron chi connectivity index (χ3n) is 21.9. The molecule has 0 aromatic heterocycles. The van der Waals surface area contributed by atoms with Gasteiger partial charge in [0.05, 0.1) is 5.69 Å². The number of anilines is 9. The number of benzene rings is 8. The van der Waals surface area contributed by atoms with Gasteiger partial charge in [-0.25, -0.2) is 0 Å². The maximum atomic E-state index is 2.76. The molecular weight excluding hydrogens is 1040 g/mol. The van der Waals surface area contributed by atoms with E-state index in [9.17, 15) is 0 Å². The Hall–Kier alpha value is -6.78. The number of nitrogens with zero attached hydrogens (tertiary/aromatic N) is 3. The van der Waals surface area contributed by atoms with E-state index in [0.29, 0.717) is 0 Å². The van der Waals surface area contributed by atoms with E-state index in [-0.39, 0.29) is 50.0 Å². The summed E-state index contributed by atoms with van der Waals surface area (Å²) < 4.78 is 0. The number of aryl methyl sites for hydroxylation is 3. The molecule has 442 valence electrons. The van der Waals surface area contributed by atoms with Crippen LogP contribution in [-0.4, -0.2) is 6.71 Å². The fourth-order valence-electron chi connectivity index (χ4n) is 16.4. The summed E-state index contributed by atoms with van der Waals surface area (Å²) in [7, 11) is 0. The predicted molar refractivity (Wildman–Crippen MR) is 374 cm³/mol. The standard InChI is InChI=1S/C82H96BN3/c1-49-41-70-74-71(42-49)86(67-36-32-59(77(10,11)12)72-56-25-23-24-26-57(56)82(21,22)73(67)72)68-46-55(84(65-34-27-52(43-50(65)2)75(4,5)6)66-35-28-53(44-51(66)3)76(7,8)9)30-33-63(68)83(74)64-47-61-62(81(19,20)40-39-80(61,17)18)48-69(64)85(70)54-29-31-58-60(45-54)79(15,16)38-37-78(58,13)14/h23-36,41-48H,37-40H2,1-22H3. The quantitative estimate of drug-likeness (QED) is 0.159. The van der Waals surface area contributed by atoms with Crippen LogP contribution in [-0.2, 0) is 43.3 Å². The van der Waals surface area contributed by atoms with Gasteiger partial charge in [0.25, 0.3) is 6.71 Å². The smallest absolute Gasteiger partial charge is 0.252 e. The SMILES string of the molecule is Cc1cc2c3c(c1)N(c1ccc(C(C)(C)C)c4c1C(C)(C)c1ccccc1-4)c1cc(N(c4ccc(C(C)(C)C)cc4C)c4ccc(C(C)(C)C)cc4C)ccc1B3c1cc3c(cc1N2c1ccc2c(c1)C(C)(C)CCC2(C)C)C(C)(C)CCC3(C)C. The van der Waals surface area contributed by atoms with E-state index in [1.807, 2.05) is 0 Å². The van der Waals surface area contributed by atoms with Gasteiger partial charge in [0.2, 0.25) is 0 Å². The number of fused-ring (bicyclic) bond motifs is 9. The van der Waals surface area contributed by atoms with Gasteiger partial charge in [0.1, 0.15) is 0 Å². The van der Waals surface area contributed by atoms with Crippen LogP contribution in [0.5, 0.6) is 0 Å².